The van der Waals surface area contributed by atoms with E-state index >= 15 is 0 Å². The van der Waals surface area contributed by atoms with Crippen LogP contribution in [0.2, 0.25) is 0 Å². The van der Waals surface area contributed by atoms with Gasteiger partial charge in [0.1, 0.15) is 5.75 Å². The maximum atomic E-state index is 12.6. The number of benzene rings is 3. The number of carbonyl (C=O) groups excluding carboxylic acids is 1. The van der Waals surface area contributed by atoms with Crippen molar-refractivity contribution in [2.75, 3.05) is 6.61 Å². The van der Waals surface area contributed by atoms with Crippen LogP contribution in [0.25, 0.3) is 0 Å². The van der Waals surface area contributed by atoms with Gasteiger partial charge in [-0.3, -0.25) is 4.79 Å². The van der Waals surface area contributed by atoms with Gasteiger partial charge in [0.05, 0.1) is 12.6 Å². The topological polar surface area (TPSA) is 38.3 Å². The Morgan fingerprint density at radius 3 is 2.11 bits per heavy atom. The van der Waals surface area contributed by atoms with Crippen LogP contribution in [0.5, 0.6) is 5.75 Å². The van der Waals surface area contributed by atoms with Gasteiger partial charge in [0.25, 0.3) is 0 Å². The van der Waals surface area contributed by atoms with Gasteiger partial charge in [-0.1, -0.05) is 72.8 Å². The van der Waals surface area contributed by atoms with Crippen molar-refractivity contribution in [1.82, 2.24) is 5.32 Å². The maximum absolute atomic E-state index is 12.6. The highest BCUT2D eigenvalue weighted by Gasteiger charge is 2.16. The minimum absolute atomic E-state index is 0.0299. The number of hydrogen-bond acceptors (Lipinski definition) is 2. The molecule has 0 aromatic heterocycles. The molecule has 3 nitrogen and oxygen atoms in total. The molecule has 0 spiro atoms. The molecule has 3 rings (SSSR count). The average molecular weight is 373 g/mol. The molecule has 0 heterocycles. The summed E-state index contributed by atoms with van der Waals surface area (Å²) in [5.74, 6) is 0.925. The van der Waals surface area contributed by atoms with Crippen molar-refractivity contribution in [3.05, 3.63) is 101 Å². The van der Waals surface area contributed by atoms with Crippen molar-refractivity contribution < 1.29 is 9.53 Å². The van der Waals surface area contributed by atoms with E-state index in [2.05, 4.69) is 17.4 Å². The van der Waals surface area contributed by atoms with Gasteiger partial charge in [0.2, 0.25) is 5.91 Å². The molecule has 0 radical (unpaired) electrons. The fraction of sp³-hybridized carbons (Fsp3) is 0.240. The van der Waals surface area contributed by atoms with Crippen LogP contribution < -0.4 is 10.1 Å². The van der Waals surface area contributed by atoms with E-state index < -0.39 is 0 Å². The van der Waals surface area contributed by atoms with Crippen LogP contribution in [-0.4, -0.2) is 12.5 Å². The third kappa shape index (κ3) is 5.46. The molecular weight excluding hydrogens is 346 g/mol. The van der Waals surface area contributed by atoms with E-state index in [0.29, 0.717) is 19.4 Å². The molecule has 1 N–H and O–H groups in total. The van der Waals surface area contributed by atoms with Gasteiger partial charge in [-0.2, -0.15) is 0 Å². The highest BCUT2D eigenvalue weighted by molar-refractivity contribution is 5.77. The Kier molecular flexibility index (Phi) is 6.85. The molecule has 0 aliphatic carbocycles. The summed E-state index contributed by atoms with van der Waals surface area (Å²) in [7, 11) is 0. The Morgan fingerprint density at radius 1 is 0.893 bits per heavy atom. The molecule has 28 heavy (non-hydrogen) atoms. The summed E-state index contributed by atoms with van der Waals surface area (Å²) in [4.78, 5) is 12.6. The van der Waals surface area contributed by atoms with Gasteiger partial charge in [-0.25, -0.2) is 0 Å². The largest absolute Gasteiger partial charge is 0.493 e. The molecule has 0 atom stereocenters. The summed E-state index contributed by atoms with van der Waals surface area (Å²) in [6.07, 6.45) is 1.11. The summed E-state index contributed by atoms with van der Waals surface area (Å²) in [6.45, 7) is 4.61. The van der Waals surface area contributed by atoms with Gasteiger partial charge in [0, 0.05) is 6.42 Å². The molecule has 3 aromatic carbocycles. The zero-order chi connectivity index (χ0) is 19.8. The molecule has 0 aliphatic heterocycles. The lowest BCUT2D eigenvalue weighted by Gasteiger charge is -2.20. The van der Waals surface area contributed by atoms with Gasteiger partial charge in [-0.15, -0.1) is 0 Å². The minimum atomic E-state index is -0.144. The number of hydrogen-bond donors (Lipinski definition) is 1. The van der Waals surface area contributed by atoms with Gasteiger partial charge >= 0.3 is 0 Å². The Hall–Kier alpha value is -3.07. The van der Waals surface area contributed by atoms with Crippen molar-refractivity contribution in [2.24, 2.45) is 0 Å². The maximum Gasteiger partial charge on any atom is 0.220 e. The predicted octanol–water partition coefficient (Wildman–Crippen LogP) is 5.37. The smallest absolute Gasteiger partial charge is 0.220 e. The molecule has 0 bridgehead atoms. The molecule has 3 aromatic rings. The fourth-order valence-electron chi connectivity index (χ4n) is 3.16. The lowest BCUT2D eigenvalue weighted by Crippen LogP contribution is -2.29. The van der Waals surface area contributed by atoms with E-state index in [4.69, 9.17) is 4.74 Å². The Bertz CT molecular complexity index is 851. The van der Waals surface area contributed by atoms with E-state index in [0.717, 1.165) is 22.4 Å². The predicted molar refractivity (Wildman–Crippen MR) is 114 cm³/mol. The third-order valence-corrected chi connectivity index (χ3v) is 4.72. The molecule has 0 unspecified atom stereocenters. The van der Waals surface area contributed by atoms with E-state index in [1.165, 1.54) is 5.56 Å². The molecular formula is C25H27NO2. The zero-order valence-corrected chi connectivity index (χ0v) is 16.5. The van der Waals surface area contributed by atoms with Gasteiger partial charge in [-0.05, 0) is 48.6 Å². The SMILES string of the molecule is Cc1ccc(C)c(OCCCC(=O)NC(c2ccccc2)c2ccccc2)c1. The fourth-order valence-corrected chi connectivity index (χ4v) is 3.16. The number of rotatable bonds is 8. The van der Waals surface area contributed by atoms with E-state index in [1.807, 2.05) is 80.6 Å². The Morgan fingerprint density at radius 2 is 1.50 bits per heavy atom. The highest BCUT2D eigenvalue weighted by atomic mass is 16.5. The molecule has 0 saturated heterocycles. The van der Waals surface area contributed by atoms with E-state index in [9.17, 15) is 4.79 Å². The van der Waals surface area contributed by atoms with Gasteiger partial charge < -0.3 is 10.1 Å². The summed E-state index contributed by atoms with van der Waals surface area (Å²) in [5, 5.41) is 3.17. The number of amides is 1. The first kappa shape index (κ1) is 19.7. The quantitative estimate of drug-likeness (QED) is 0.539. The monoisotopic (exact) mass is 373 g/mol. The second-order valence-electron chi connectivity index (χ2n) is 7.04. The summed E-state index contributed by atoms with van der Waals surface area (Å²) >= 11 is 0. The normalized spacial score (nSPS) is 10.7. The highest BCUT2D eigenvalue weighted by Crippen LogP contribution is 2.22. The molecule has 0 saturated carbocycles. The molecule has 0 aliphatic rings. The second-order valence-corrected chi connectivity index (χ2v) is 7.04. The zero-order valence-electron chi connectivity index (χ0n) is 16.5. The second kappa shape index (κ2) is 9.75. The Balaban J connectivity index is 1.56. The average Bonchev–Trinajstić information content (AvgIpc) is 2.73. The van der Waals surface area contributed by atoms with Crippen LogP contribution in [0.15, 0.2) is 78.9 Å². The number of ether oxygens (including phenoxy) is 1. The number of nitrogens with one attached hydrogen (secondary N) is 1. The van der Waals surface area contributed by atoms with Crippen LogP contribution in [0.3, 0.4) is 0 Å². The summed E-state index contributed by atoms with van der Waals surface area (Å²) in [6, 6.07) is 26.1. The molecule has 1 amide bonds. The van der Waals surface area contributed by atoms with Crippen molar-refractivity contribution in [3.8, 4) is 5.75 Å². The first-order chi connectivity index (χ1) is 13.6. The summed E-state index contributed by atoms with van der Waals surface area (Å²) in [5.41, 5.74) is 4.44. The summed E-state index contributed by atoms with van der Waals surface area (Å²) < 4.78 is 5.86. The minimum Gasteiger partial charge on any atom is -0.493 e. The molecule has 0 fully saturated rings. The van der Waals surface area contributed by atoms with Crippen LogP contribution in [-0.2, 0) is 4.79 Å². The first-order valence-corrected chi connectivity index (χ1v) is 9.73. The standard InChI is InChI=1S/C25H27NO2/c1-19-15-16-20(2)23(18-19)28-17-9-14-24(27)26-25(21-10-5-3-6-11-21)22-12-7-4-8-13-22/h3-8,10-13,15-16,18,25H,9,14,17H2,1-2H3,(H,26,27). The van der Waals surface area contributed by atoms with E-state index in [-0.39, 0.29) is 11.9 Å². The van der Waals surface area contributed by atoms with E-state index in [1.54, 1.807) is 0 Å². The van der Waals surface area contributed by atoms with Crippen molar-refractivity contribution in [2.45, 2.75) is 32.7 Å². The molecule has 144 valence electrons. The lowest BCUT2D eigenvalue weighted by molar-refractivity contribution is -0.121. The Labute approximate surface area is 167 Å². The van der Waals surface area contributed by atoms with Crippen LogP contribution >= 0.6 is 0 Å². The van der Waals surface area contributed by atoms with Crippen LogP contribution in [0.1, 0.15) is 41.1 Å². The molecule has 3 heteroatoms. The van der Waals surface area contributed by atoms with Gasteiger partial charge in [0.15, 0.2) is 0 Å². The number of carbonyl (C=O) groups is 1. The van der Waals surface area contributed by atoms with Crippen molar-refractivity contribution >= 4 is 5.91 Å². The van der Waals surface area contributed by atoms with Crippen molar-refractivity contribution in [3.63, 3.8) is 0 Å². The van der Waals surface area contributed by atoms with Crippen molar-refractivity contribution in [1.29, 1.82) is 0 Å². The lowest BCUT2D eigenvalue weighted by atomic mass is 9.98. The third-order valence-electron chi connectivity index (χ3n) is 4.72. The van der Waals surface area contributed by atoms with Crippen LogP contribution in [0.4, 0.5) is 0 Å². The first-order valence-electron chi connectivity index (χ1n) is 9.73. The number of aryl methyl sites for hydroxylation is 2. The van der Waals surface area contributed by atoms with Crippen LogP contribution in [0, 0.1) is 13.8 Å².